The number of halogens is 2. The average Bonchev–Trinajstić information content (AvgIpc) is 3.22. The molecular weight excluding hydrogens is 432 g/mol. The van der Waals surface area contributed by atoms with Crippen molar-refractivity contribution in [3.8, 4) is 0 Å². The van der Waals surface area contributed by atoms with Crippen LogP contribution in [-0.4, -0.2) is 45.8 Å². The van der Waals surface area contributed by atoms with Crippen molar-refractivity contribution in [2.75, 3.05) is 49.7 Å². The van der Waals surface area contributed by atoms with Gasteiger partial charge in [-0.05, 0) is 24.6 Å². The molecule has 1 N–H and O–H groups in total. The van der Waals surface area contributed by atoms with Gasteiger partial charge in [-0.2, -0.15) is 0 Å². The van der Waals surface area contributed by atoms with Gasteiger partial charge in [0.25, 0.3) is 5.91 Å². The fourth-order valence-corrected chi connectivity index (χ4v) is 4.51. The van der Waals surface area contributed by atoms with E-state index in [-0.39, 0.29) is 23.3 Å². The second-order valence-corrected chi connectivity index (χ2v) is 8.20. The molecule has 0 unspecified atom stereocenters. The van der Waals surface area contributed by atoms with Crippen LogP contribution >= 0.6 is 0 Å². The zero-order valence-electron chi connectivity index (χ0n) is 18.1. The molecule has 0 saturated carbocycles. The van der Waals surface area contributed by atoms with Crippen molar-refractivity contribution in [2.24, 2.45) is 0 Å². The van der Waals surface area contributed by atoms with Crippen LogP contribution in [-0.2, 0) is 17.7 Å². The van der Waals surface area contributed by atoms with E-state index in [4.69, 9.17) is 9.15 Å². The molecule has 2 aromatic carbocycles. The molecule has 2 aliphatic heterocycles. The van der Waals surface area contributed by atoms with Gasteiger partial charge in [0.05, 0.1) is 18.6 Å². The Morgan fingerprint density at radius 2 is 1.88 bits per heavy atom. The van der Waals surface area contributed by atoms with Crippen molar-refractivity contribution in [3.05, 3.63) is 68.9 Å². The molecule has 0 aliphatic carbocycles. The van der Waals surface area contributed by atoms with Crippen molar-refractivity contribution in [1.29, 1.82) is 0 Å². The Kier molecular flexibility index (Phi) is 5.49. The zero-order chi connectivity index (χ0) is 23.1. The number of morpholine rings is 1. The van der Waals surface area contributed by atoms with Crippen molar-refractivity contribution in [3.63, 3.8) is 0 Å². The summed E-state index contributed by atoms with van der Waals surface area (Å²) in [6.45, 7) is 2.97. The number of carbonyl (C=O) groups excluding carboxylic acids is 1. The highest BCUT2D eigenvalue weighted by atomic mass is 19.1. The van der Waals surface area contributed by atoms with E-state index < -0.39 is 11.6 Å². The Morgan fingerprint density at radius 1 is 1.09 bits per heavy atom. The summed E-state index contributed by atoms with van der Waals surface area (Å²) in [6, 6.07) is 6.81. The normalized spacial score (nSPS) is 15.7. The Labute approximate surface area is 188 Å². The molecule has 1 fully saturated rings. The first-order chi connectivity index (χ1) is 15.9. The molecule has 9 heteroatoms. The first kappa shape index (κ1) is 21.4. The summed E-state index contributed by atoms with van der Waals surface area (Å²) in [4.78, 5) is 29.2. The fraction of sp³-hybridized carbons (Fsp3) is 0.333. The number of hydrogen-bond donors (Lipinski definition) is 1. The van der Waals surface area contributed by atoms with Gasteiger partial charge in [-0.3, -0.25) is 9.59 Å². The summed E-state index contributed by atoms with van der Waals surface area (Å²) in [5, 5.41) is 2.86. The molecule has 172 valence electrons. The third-order valence-corrected chi connectivity index (χ3v) is 6.17. The Morgan fingerprint density at radius 3 is 2.64 bits per heavy atom. The Balaban J connectivity index is 1.63. The highest BCUT2D eigenvalue weighted by Gasteiger charge is 2.26. The lowest BCUT2D eigenvalue weighted by Gasteiger charge is -2.27. The predicted octanol–water partition coefficient (Wildman–Crippen LogP) is 2.83. The van der Waals surface area contributed by atoms with E-state index in [1.807, 2.05) is 9.80 Å². The van der Waals surface area contributed by atoms with Crippen LogP contribution in [0.1, 0.15) is 21.5 Å². The van der Waals surface area contributed by atoms with Crippen LogP contribution in [0.5, 0.6) is 0 Å². The minimum absolute atomic E-state index is 0.229. The molecule has 1 amide bonds. The monoisotopic (exact) mass is 455 g/mol. The lowest BCUT2D eigenvalue weighted by atomic mass is 10.0. The summed E-state index contributed by atoms with van der Waals surface area (Å²) >= 11 is 0. The number of nitrogens with zero attached hydrogens (tertiary/aromatic N) is 2. The molecule has 3 aromatic rings. The SMILES string of the molecule is CNC(=O)c1cc(CN2CCc3c(F)cc(F)cc32)c2oc(N3CCOCC3)cc(=O)c2c1. The molecule has 1 saturated heterocycles. The lowest BCUT2D eigenvalue weighted by molar-refractivity contribution is 0.0963. The smallest absolute Gasteiger partial charge is 0.251 e. The van der Waals surface area contributed by atoms with Crippen molar-refractivity contribution < 1.29 is 22.7 Å². The van der Waals surface area contributed by atoms with Gasteiger partial charge in [0.1, 0.15) is 17.2 Å². The summed E-state index contributed by atoms with van der Waals surface area (Å²) in [6.07, 6.45) is 0.442. The number of fused-ring (bicyclic) bond motifs is 2. The molecule has 2 aliphatic rings. The first-order valence-electron chi connectivity index (χ1n) is 10.8. The molecule has 1 aromatic heterocycles. The number of anilines is 2. The molecule has 0 spiro atoms. The molecule has 33 heavy (non-hydrogen) atoms. The van der Waals surface area contributed by atoms with Crippen molar-refractivity contribution in [2.45, 2.75) is 13.0 Å². The van der Waals surface area contributed by atoms with Gasteiger partial charge in [-0.25, -0.2) is 8.78 Å². The van der Waals surface area contributed by atoms with Crippen LogP contribution in [0, 0.1) is 11.6 Å². The van der Waals surface area contributed by atoms with Gasteiger partial charge in [0, 0.05) is 67.7 Å². The van der Waals surface area contributed by atoms with Crippen LogP contribution in [0.25, 0.3) is 11.0 Å². The van der Waals surface area contributed by atoms with Crippen LogP contribution < -0.4 is 20.5 Å². The van der Waals surface area contributed by atoms with Gasteiger partial charge in [0.15, 0.2) is 11.3 Å². The number of carbonyl (C=O) groups is 1. The number of amides is 1. The van der Waals surface area contributed by atoms with Gasteiger partial charge in [-0.1, -0.05) is 0 Å². The Hall–Kier alpha value is -3.46. The predicted molar refractivity (Wildman–Crippen MR) is 120 cm³/mol. The second kappa shape index (κ2) is 8.47. The molecule has 0 radical (unpaired) electrons. The van der Waals surface area contributed by atoms with Gasteiger partial charge < -0.3 is 24.3 Å². The highest BCUT2D eigenvalue weighted by molar-refractivity contribution is 5.98. The number of ether oxygens (including phenoxy) is 1. The van der Waals surface area contributed by atoms with Crippen LogP contribution in [0.2, 0.25) is 0 Å². The summed E-state index contributed by atoms with van der Waals surface area (Å²) in [5.41, 5.74) is 1.94. The van der Waals surface area contributed by atoms with E-state index in [2.05, 4.69) is 5.32 Å². The maximum absolute atomic E-state index is 14.2. The number of benzene rings is 2. The van der Waals surface area contributed by atoms with Crippen LogP contribution in [0.3, 0.4) is 0 Å². The van der Waals surface area contributed by atoms with Crippen molar-refractivity contribution >= 4 is 28.4 Å². The minimum Gasteiger partial charge on any atom is -0.440 e. The van der Waals surface area contributed by atoms with E-state index in [1.54, 1.807) is 6.07 Å². The standard InChI is InChI=1S/C24H23F2N3O4/c1-27-24(31)14-8-15(13-29-3-2-17-19(26)10-16(25)11-20(17)29)23-18(9-14)21(30)12-22(33-23)28-4-6-32-7-5-28/h8-12H,2-7,13H2,1H3,(H,27,31). The van der Waals surface area contributed by atoms with E-state index in [9.17, 15) is 18.4 Å². The number of rotatable bonds is 4. The van der Waals surface area contributed by atoms with Gasteiger partial charge in [0.2, 0.25) is 0 Å². The van der Waals surface area contributed by atoms with Gasteiger partial charge in [-0.15, -0.1) is 0 Å². The molecule has 7 nitrogen and oxygen atoms in total. The maximum atomic E-state index is 14.2. The Bertz CT molecular complexity index is 1300. The molecule has 0 bridgehead atoms. The third kappa shape index (κ3) is 3.93. The largest absolute Gasteiger partial charge is 0.440 e. The maximum Gasteiger partial charge on any atom is 0.251 e. The molecule has 0 atom stereocenters. The van der Waals surface area contributed by atoms with E-state index in [1.165, 1.54) is 25.2 Å². The third-order valence-electron chi connectivity index (χ3n) is 6.17. The zero-order valence-corrected chi connectivity index (χ0v) is 18.1. The lowest BCUT2D eigenvalue weighted by Crippen LogP contribution is -2.36. The van der Waals surface area contributed by atoms with Crippen LogP contribution in [0.15, 0.2) is 39.5 Å². The quantitative estimate of drug-likeness (QED) is 0.652. The summed E-state index contributed by atoms with van der Waals surface area (Å²) in [5.74, 6) is -1.13. The molecule has 3 heterocycles. The summed E-state index contributed by atoms with van der Waals surface area (Å²) in [7, 11) is 1.51. The minimum atomic E-state index is -0.650. The highest BCUT2D eigenvalue weighted by Crippen LogP contribution is 2.34. The van der Waals surface area contributed by atoms with E-state index >= 15 is 0 Å². The van der Waals surface area contributed by atoms with Gasteiger partial charge >= 0.3 is 0 Å². The van der Waals surface area contributed by atoms with E-state index in [0.29, 0.717) is 73.1 Å². The van der Waals surface area contributed by atoms with Crippen LogP contribution in [0.4, 0.5) is 20.4 Å². The van der Waals surface area contributed by atoms with Crippen molar-refractivity contribution in [1.82, 2.24) is 5.32 Å². The van der Waals surface area contributed by atoms with E-state index in [0.717, 1.165) is 6.07 Å². The second-order valence-electron chi connectivity index (χ2n) is 8.20. The first-order valence-corrected chi connectivity index (χ1v) is 10.8. The molecule has 5 rings (SSSR count). The average molecular weight is 455 g/mol. The summed E-state index contributed by atoms with van der Waals surface area (Å²) < 4.78 is 39.7. The number of nitrogens with one attached hydrogen (secondary N) is 1. The fourth-order valence-electron chi connectivity index (χ4n) is 4.51. The number of hydrogen-bond acceptors (Lipinski definition) is 6. The topological polar surface area (TPSA) is 75.0 Å². The molecular formula is C24H23F2N3O4.